The average molecular weight is 977 g/mol. The van der Waals surface area contributed by atoms with Crippen molar-refractivity contribution in [2.24, 2.45) is 5.73 Å². The van der Waals surface area contributed by atoms with Crippen LogP contribution >= 0.6 is 7.82 Å². The average Bonchev–Trinajstić information content (AvgIpc) is 3.33. The fraction of sp³-hybridized carbons (Fsp3) is 0.814. The Morgan fingerprint density at radius 3 is 1.24 bits per heavy atom. The van der Waals surface area contributed by atoms with E-state index in [2.05, 4.69) is 74.6 Å². The number of esters is 1. The van der Waals surface area contributed by atoms with Crippen molar-refractivity contribution in [3.05, 3.63) is 60.8 Å². The van der Waals surface area contributed by atoms with E-state index in [-0.39, 0.29) is 32.3 Å². The summed E-state index contributed by atoms with van der Waals surface area (Å²) in [6.45, 7) is 4.84. The van der Waals surface area contributed by atoms with Crippen LogP contribution in [0.2, 0.25) is 0 Å². The van der Waals surface area contributed by atoms with Crippen LogP contribution in [0, 0.1) is 0 Å². The van der Waals surface area contributed by atoms with Crippen molar-refractivity contribution in [2.45, 2.75) is 277 Å². The molecule has 0 aromatic rings. The van der Waals surface area contributed by atoms with Gasteiger partial charge in [-0.2, -0.15) is 0 Å². The summed E-state index contributed by atoms with van der Waals surface area (Å²) in [6.07, 6.45) is 71.3. The molecule has 0 radical (unpaired) electrons. The Morgan fingerprint density at radius 2 is 0.824 bits per heavy atom. The van der Waals surface area contributed by atoms with Gasteiger partial charge in [-0.25, -0.2) is 4.57 Å². The molecule has 0 amide bonds. The van der Waals surface area contributed by atoms with Crippen molar-refractivity contribution in [2.75, 3.05) is 33.0 Å². The summed E-state index contributed by atoms with van der Waals surface area (Å²) in [5, 5.41) is 0. The number of phosphoric ester groups is 1. The van der Waals surface area contributed by atoms with Crippen molar-refractivity contribution in [3.8, 4) is 0 Å². The lowest BCUT2D eigenvalue weighted by molar-refractivity contribution is -0.154. The Morgan fingerprint density at radius 1 is 0.456 bits per heavy atom. The first-order valence-corrected chi connectivity index (χ1v) is 30.3. The van der Waals surface area contributed by atoms with E-state index in [0.29, 0.717) is 13.0 Å². The maximum Gasteiger partial charge on any atom is 0.472 e. The smallest absolute Gasteiger partial charge is 0.457 e. The standard InChI is InChI=1S/C59H110NO7P/c1-3-5-7-9-11-13-15-17-19-21-23-25-27-28-29-31-33-35-37-39-41-43-45-47-49-51-54-64-56-58(57-66-68(62,63)65-55-53-60)67-59(61)52-50-48-46-44-42-40-38-36-34-32-30-26-24-22-20-18-16-14-12-10-8-6-4-2/h6,8,12,14,18,20,24,26,32,34,58H,3-5,7,9-11,13,15-17,19,21-23,25,27-31,33,35-57,60H2,1-2H3,(H,62,63)/b8-6-,14-12-,20-18-,26-24-,34-32-. The van der Waals surface area contributed by atoms with Gasteiger partial charge in [-0.05, 0) is 57.8 Å². The molecule has 398 valence electrons. The lowest BCUT2D eigenvalue weighted by Crippen LogP contribution is -2.28. The van der Waals surface area contributed by atoms with Gasteiger partial charge in [-0.15, -0.1) is 0 Å². The number of carbonyl (C=O) groups excluding carboxylic acids is 1. The third-order valence-electron chi connectivity index (χ3n) is 12.4. The normalized spacial score (nSPS) is 13.6. The van der Waals surface area contributed by atoms with E-state index < -0.39 is 13.9 Å². The second-order valence-electron chi connectivity index (χ2n) is 19.1. The van der Waals surface area contributed by atoms with E-state index in [9.17, 15) is 14.3 Å². The monoisotopic (exact) mass is 976 g/mol. The van der Waals surface area contributed by atoms with E-state index in [1.165, 1.54) is 180 Å². The molecule has 0 saturated carbocycles. The summed E-state index contributed by atoms with van der Waals surface area (Å²) < 4.78 is 33.7. The van der Waals surface area contributed by atoms with Crippen LogP contribution in [0.25, 0.3) is 0 Å². The van der Waals surface area contributed by atoms with Crippen LogP contribution in [0.4, 0.5) is 0 Å². The Kier molecular flexibility index (Phi) is 54.6. The molecule has 0 bridgehead atoms. The molecule has 0 aliphatic rings. The van der Waals surface area contributed by atoms with Gasteiger partial charge >= 0.3 is 13.8 Å². The molecule has 0 saturated heterocycles. The molecule has 3 N–H and O–H groups in total. The van der Waals surface area contributed by atoms with E-state index >= 15 is 0 Å². The van der Waals surface area contributed by atoms with Gasteiger partial charge in [0.2, 0.25) is 0 Å². The lowest BCUT2D eigenvalue weighted by Gasteiger charge is -2.20. The SMILES string of the molecule is CC/C=C\C/C=C\C/C=C\C/C=C\C/C=C\CCCCCCCCCC(=O)OC(COCCCCCCCCCCCCCCCCCCCCCCCCCCCC)COP(=O)(O)OCCN. The third kappa shape index (κ3) is 55.1. The molecule has 9 heteroatoms. The van der Waals surface area contributed by atoms with Crippen molar-refractivity contribution in [1.82, 2.24) is 0 Å². The van der Waals surface area contributed by atoms with Crippen LogP contribution in [0.3, 0.4) is 0 Å². The fourth-order valence-electron chi connectivity index (χ4n) is 8.26. The first kappa shape index (κ1) is 66.2. The number of unbranched alkanes of at least 4 members (excludes halogenated alkanes) is 32. The van der Waals surface area contributed by atoms with Crippen LogP contribution in [0.15, 0.2) is 60.8 Å². The Bertz CT molecular complexity index is 1230. The van der Waals surface area contributed by atoms with Gasteiger partial charge in [-0.1, -0.05) is 267 Å². The zero-order valence-electron chi connectivity index (χ0n) is 44.6. The van der Waals surface area contributed by atoms with Gasteiger partial charge in [0, 0.05) is 19.6 Å². The molecule has 0 spiro atoms. The van der Waals surface area contributed by atoms with Crippen LogP contribution in [0.1, 0.15) is 271 Å². The van der Waals surface area contributed by atoms with Crippen molar-refractivity contribution in [1.29, 1.82) is 0 Å². The Labute approximate surface area is 421 Å². The molecule has 2 unspecified atom stereocenters. The number of hydrogen-bond donors (Lipinski definition) is 2. The highest BCUT2D eigenvalue weighted by atomic mass is 31.2. The predicted octanol–water partition coefficient (Wildman–Crippen LogP) is 18.4. The van der Waals surface area contributed by atoms with Crippen LogP contribution in [0.5, 0.6) is 0 Å². The molecular weight excluding hydrogens is 866 g/mol. The van der Waals surface area contributed by atoms with Gasteiger partial charge in [0.15, 0.2) is 0 Å². The summed E-state index contributed by atoms with van der Waals surface area (Å²) in [5.41, 5.74) is 5.40. The summed E-state index contributed by atoms with van der Waals surface area (Å²) in [4.78, 5) is 22.7. The minimum Gasteiger partial charge on any atom is -0.457 e. The fourth-order valence-corrected chi connectivity index (χ4v) is 9.03. The van der Waals surface area contributed by atoms with Gasteiger partial charge in [0.25, 0.3) is 0 Å². The second-order valence-corrected chi connectivity index (χ2v) is 20.6. The number of ether oxygens (including phenoxy) is 2. The van der Waals surface area contributed by atoms with Gasteiger partial charge in [0.1, 0.15) is 6.10 Å². The minimum atomic E-state index is -4.29. The van der Waals surface area contributed by atoms with Crippen molar-refractivity contribution >= 4 is 13.8 Å². The maximum absolute atomic E-state index is 12.7. The highest BCUT2D eigenvalue weighted by Crippen LogP contribution is 2.43. The molecule has 0 aromatic heterocycles. The van der Waals surface area contributed by atoms with Crippen LogP contribution < -0.4 is 5.73 Å². The Balaban J connectivity index is 3.88. The molecule has 0 aliphatic carbocycles. The molecule has 0 rings (SSSR count). The molecule has 0 aliphatic heterocycles. The van der Waals surface area contributed by atoms with Crippen molar-refractivity contribution < 1.29 is 32.8 Å². The minimum absolute atomic E-state index is 0.0974. The van der Waals surface area contributed by atoms with Crippen LogP contribution in [-0.2, 0) is 27.9 Å². The van der Waals surface area contributed by atoms with E-state index in [1.807, 2.05) is 0 Å². The number of allylic oxidation sites excluding steroid dienone is 10. The van der Waals surface area contributed by atoms with Crippen LogP contribution in [-0.4, -0.2) is 49.9 Å². The highest BCUT2D eigenvalue weighted by Gasteiger charge is 2.25. The molecule has 2 atom stereocenters. The number of nitrogens with two attached hydrogens (primary N) is 1. The van der Waals surface area contributed by atoms with Gasteiger partial charge in [0.05, 0.1) is 19.8 Å². The zero-order chi connectivity index (χ0) is 49.4. The van der Waals surface area contributed by atoms with Gasteiger partial charge < -0.3 is 20.1 Å². The number of hydrogen-bond acceptors (Lipinski definition) is 7. The summed E-state index contributed by atoms with van der Waals surface area (Å²) in [6, 6.07) is 0. The first-order valence-electron chi connectivity index (χ1n) is 28.8. The number of phosphoric acid groups is 1. The Hall–Kier alpha value is -1.80. The summed E-state index contributed by atoms with van der Waals surface area (Å²) in [7, 11) is -4.29. The lowest BCUT2D eigenvalue weighted by atomic mass is 10.0. The van der Waals surface area contributed by atoms with E-state index in [0.717, 1.165) is 70.6 Å². The van der Waals surface area contributed by atoms with E-state index in [1.54, 1.807) is 0 Å². The maximum atomic E-state index is 12.7. The third-order valence-corrected chi connectivity index (χ3v) is 13.4. The molecule has 0 fully saturated rings. The van der Waals surface area contributed by atoms with E-state index in [4.69, 9.17) is 24.3 Å². The largest absolute Gasteiger partial charge is 0.472 e. The molecule has 0 heterocycles. The zero-order valence-corrected chi connectivity index (χ0v) is 45.5. The first-order chi connectivity index (χ1) is 33.4. The molecular formula is C59H110NO7P. The quantitative estimate of drug-likeness (QED) is 0.0268. The molecule has 8 nitrogen and oxygen atoms in total. The molecule has 0 aromatic carbocycles. The second kappa shape index (κ2) is 56.1. The van der Waals surface area contributed by atoms with Crippen molar-refractivity contribution in [3.63, 3.8) is 0 Å². The topological polar surface area (TPSA) is 117 Å². The highest BCUT2D eigenvalue weighted by molar-refractivity contribution is 7.47. The molecule has 68 heavy (non-hydrogen) atoms. The summed E-state index contributed by atoms with van der Waals surface area (Å²) in [5.74, 6) is -0.338. The summed E-state index contributed by atoms with van der Waals surface area (Å²) >= 11 is 0. The number of carbonyl (C=O) groups is 1. The number of rotatable bonds is 55. The van der Waals surface area contributed by atoms with Gasteiger partial charge in [-0.3, -0.25) is 13.8 Å². The predicted molar refractivity (Wildman–Crippen MR) is 293 cm³/mol.